The third-order valence-electron chi connectivity index (χ3n) is 5.70. The van der Waals surface area contributed by atoms with Crippen LogP contribution in [0.4, 0.5) is 0 Å². The second-order valence-electron chi connectivity index (χ2n) is 8.21. The molecule has 0 saturated carbocycles. The fraction of sp³-hybridized carbons (Fsp3) is 0.440. The number of methoxy groups -OCH3 is 1. The van der Waals surface area contributed by atoms with E-state index in [1.165, 1.54) is 5.56 Å². The van der Waals surface area contributed by atoms with Crippen LogP contribution in [0.15, 0.2) is 53.5 Å². The Labute approximate surface area is 214 Å². The van der Waals surface area contributed by atoms with Crippen molar-refractivity contribution < 1.29 is 14.3 Å². The van der Waals surface area contributed by atoms with Gasteiger partial charge in [-0.1, -0.05) is 37.3 Å². The molecule has 0 aliphatic carbocycles. The minimum Gasteiger partial charge on any atom is -0.497 e. The maximum Gasteiger partial charge on any atom is 0.243 e. The lowest BCUT2D eigenvalue weighted by Crippen LogP contribution is -2.42. The normalized spacial score (nSPS) is 15.9. The highest BCUT2D eigenvalue weighted by atomic mass is 127. The Morgan fingerprint density at radius 2 is 1.94 bits per heavy atom. The number of halogens is 1. The summed E-state index contributed by atoms with van der Waals surface area (Å²) in [6.07, 6.45) is 1.76. The van der Waals surface area contributed by atoms with Crippen molar-refractivity contribution in [3.05, 3.63) is 59.7 Å². The summed E-state index contributed by atoms with van der Waals surface area (Å²) in [5.74, 6) is 2.74. The van der Waals surface area contributed by atoms with Crippen LogP contribution >= 0.6 is 24.0 Å². The molecule has 0 bridgehead atoms. The summed E-state index contributed by atoms with van der Waals surface area (Å²) in [6.45, 7) is 3.69. The zero-order valence-corrected chi connectivity index (χ0v) is 22.2. The third-order valence-corrected chi connectivity index (χ3v) is 5.70. The van der Waals surface area contributed by atoms with Crippen LogP contribution in [0.5, 0.6) is 11.5 Å². The second kappa shape index (κ2) is 13.3. The van der Waals surface area contributed by atoms with Gasteiger partial charge in [0.25, 0.3) is 0 Å². The molecule has 0 fully saturated rings. The van der Waals surface area contributed by atoms with E-state index in [0.717, 1.165) is 36.4 Å². The van der Waals surface area contributed by atoms with Crippen LogP contribution in [0.3, 0.4) is 0 Å². The van der Waals surface area contributed by atoms with E-state index < -0.39 is 0 Å². The number of hydrogen-bond donors (Lipinski definition) is 2. The first kappa shape index (κ1) is 26.8. The van der Waals surface area contributed by atoms with Crippen LogP contribution in [0, 0.1) is 0 Å². The van der Waals surface area contributed by atoms with Crippen molar-refractivity contribution in [2.75, 3.05) is 40.9 Å². The number of hydrogen-bond acceptors (Lipinski definition) is 4. The van der Waals surface area contributed by atoms with Crippen molar-refractivity contribution >= 4 is 35.8 Å². The summed E-state index contributed by atoms with van der Waals surface area (Å²) in [5, 5.41) is 6.92. The number of benzene rings is 2. The SMILES string of the molecule is COc1ccc(C(C)CCNC(=NCC(=O)N(C)C)NC2CCOc3ccccc32)cc1.I. The Morgan fingerprint density at radius 3 is 2.64 bits per heavy atom. The highest BCUT2D eigenvalue weighted by Crippen LogP contribution is 2.31. The van der Waals surface area contributed by atoms with Gasteiger partial charge in [-0.2, -0.15) is 0 Å². The average molecular weight is 566 g/mol. The van der Waals surface area contributed by atoms with Crippen LogP contribution in [0.25, 0.3) is 0 Å². The standard InChI is InChI=1S/C25H34N4O3.HI/c1-18(19-9-11-20(31-4)12-10-19)13-15-26-25(27-17-24(30)29(2)3)28-22-14-16-32-23-8-6-5-7-21(22)23;/h5-12,18,22H,13-17H2,1-4H3,(H2,26,27,28);1H. The number of nitrogens with zero attached hydrogens (tertiary/aromatic N) is 2. The molecule has 0 spiro atoms. The number of guanidine groups is 1. The van der Waals surface area contributed by atoms with Gasteiger partial charge in [0.1, 0.15) is 18.0 Å². The Morgan fingerprint density at radius 1 is 1.21 bits per heavy atom. The van der Waals surface area contributed by atoms with E-state index in [2.05, 4.69) is 40.7 Å². The van der Waals surface area contributed by atoms with Gasteiger partial charge in [0.05, 0.1) is 19.8 Å². The van der Waals surface area contributed by atoms with Crippen molar-refractivity contribution in [1.82, 2.24) is 15.5 Å². The van der Waals surface area contributed by atoms with Gasteiger partial charge in [-0.15, -0.1) is 24.0 Å². The Balaban J connectivity index is 0.00000385. The molecule has 3 rings (SSSR count). The number of likely N-dealkylation sites (N-methyl/N-ethyl adjacent to an activating group) is 1. The maximum absolute atomic E-state index is 12.1. The number of aliphatic imine (C=N–C) groups is 1. The predicted octanol–water partition coefficient (Wildman–Crippen LogP) is 3.95. The molecular weight excluding hydrogens is 531 g/mol. The van der Waals surface area contributed by atoms with Crippen molar-refractivity contribution in [2.24, 2.45) is 4.99 Å². The summed E-state index contributed by atoms with van der Waals surface area (Å²) in [7, 11) is 5.15. The van der Waals surface area contributed by atoms with Gasteiger partial charge in [0.15, 0.2) is 5.96 Å². The smallest absolute Gasteiger partial charge is 0.243 e. The van der Waals surface area contributed by atoms with Crippen LogP contribution in [0.2, 0.25) is 0 Å². The van der Waals surface area contributed by atoms with E-state index in [-0.39, 0.29) is 42.5 Å². The Kier molecular flexibility index (Phi) is 10.8. The molecule has 1 aliphatic rings. The van der Waals surface area contributed by atoms with Crippen LogP contribution in [-0.4, -0.2) is 57.7 Å². The molecule has 0 saturated heterocycles. The summed E-state index contributed by atoms with van der Waals surface area (Å²) in [6, 6.07) is 16.3. The molecule has 8 heteroatoms. The Hall–Kier alpha value is -2.49. The molecule has 0 aromatic heterocycles. The van der Waals surface area contributed by atoms with Crippen LogP contribution < -0.4 is 20.1 Å². The lowest BCUT2D eigenvalue weighted by molar-refractivity contribution is -0.127. The second-order valence-corrected chi connectivity index (χ2v) is 8.21. The maximum atomic E-state index is 12.1. The Bertz CT molecular complexity index is 918. The van der Waals surface area contributed by atoms with Gasteiger partial charge in [0.2, 0.25) is 5.91 Å². The van der Waals surface area contributed by atoms with E-state index in [0.29, 0.717) is 18.5 Å². The average Bonchev–Trinajstić information content (AvgIpc) is 2.82. The first-order chi connectivity index (χ1) is 15.5. The molecule has 2 aromatic carbocycles. The van der Waals surface area contributed by atoms with Gasteiger partial charge < -0.3 is 25.0 Å². The molecule has 0 radical (unpaired) electrons. The first-order valence-electron chi connectivity index (χ1n) is 11.1. The molecule has 2 N–H and O–H groups in total. The topological polar surface area (TPSA) is 75.2 Å². The summed E-state index contributed by atoms with van der Waals surface area (Å²) >= 11 is 0. The molecule has 2 atom stereocenters. The zero-order valence-electron chi connectivity index (χ0n) is 19.8. The summed E-state index contributed by atoms with van der Waals surface area (Å²) in [5.41, 5.74) is 2.37. The van der Waals surface area contributed by atoms with E-state index >= 15 is 0 Å². The summed E-state index contributed by atoms with van der Waals surface area (Å²) in [4.78, 5) is 18.2. The van der Waals surface area contributed by atoms with Gasteiger partial charge in [-0.05, 0) is 36.1 Å². The number of amides is 1. The fourth-order valence-corrected chi connectivity index (χ4v) is 3.60. The number of nitrogens with one attached hydrogen (secondary N) is 2. The van der Waals surface area contributed by atoms with E-state index in [9.17, 15) is 4.79 Å². The molecule has 180 valence electrons. The number of fused-ring (bicyclic) bond motifs is 1. The largest absolute Gasteiger partial charge is 0.497 e. The van der Waals surface area contributed by atoms with Crippen molar-refractivity contribution in [3.63, 3.8) is 0 Å². The minimum atomic E-state index is -0.0370. The summed E-state index contributed by atoms with van der Waals surface area (Å²) < 4.78 is 11.0. The van der Waals surface area contributed by atoms with Crippen LogP contribution in [-0.2, 0) is 4.79 Å². The van der Waals surface area contributed by atoms with E-state index in [1.807, 2.05) is 30.3 Å². The lowest BCUT2D eigenvalue weighted by atomic mass is 9.98. The predicted molar refractivity (Wildman–Crippen MR) is 143 cm³/mol. The van der Waals surface area contributed by atoms with Gasteiger partial charge in [-0.25, -0.2) is 4.99 Å². The molecule has 1 aliphatic heterocycles. The zero-order chi connectivity index (χ0) is 22.9. The number of ether oxygens (including phenoxy) is 2. The van der Waals surface area contributed by atoms with Gasteiger partial charge >= 0.3 is 0 Å². The van der Waals surface area contributed by atoms with E-state index in [1.54, 1.807) is 26.1 Å². The quantitative estimate of drug-likeness (QED) is 0.288. The molecule has 7 nitrogen and oxygen atoms in total. The van der Waals surface area contributed by atoms with Crippen molar-refractivity contribution in [1.29, 1.82) is 0 Å². The van der Waals surface area contributed by atoms with Gasteiger partial charge in [0, 0.05) is 32.6 Å². The minimum absolute atomic E-state index is 0. The molecule has 1 heterocycles. The first-order valence-corrected chi connectivity index (χ1v) is 11.1. The number of carbonyl (C=O) groups excluding carboxylic acids is 1. The molecule has 1 amide bonds. The molecule has 33 heavy (non-hydrogen) atoms. The third kappa shape index (κ3) is 7.80. The van der Waals surface area contributed by atoms with Crippen LogP contribution in [0.1, 0.15) is 42.9 Å². The number of para-hydroxylation sites is 1. The lowest BCUT2D eigenvalue weighted by Gasteiger charge is -2.28. The van der Waals surface area contributed by atoms with Crippen molar-refractivity contribution in [3.8, 4) is 11.5 Å². The fourth-order valence-electron chi connectivity index (χ4n) is 3.60. The molecular formula is C25H35IN4O3. The monoisotopic (exact) mass is 566 g/mol. The number of carbonyl (C=O) groups is 1. The number of rotatable bonds is 8. The van der Waals surface area contributed by atoms with E-state index in [4.69, 9.17) is 9.47 Å². The molecule has 2 unspecified atom stereocenters. The highest BCUT2D eigenvalue weighted by molar-refractivity contribution is 14.0. The molecule has 2 aromatic rings. The highest BCUT2D eigenvalue weighted by Gasteiger charge is 2.22. The van der Waals surface area contributed by atoms with Crippen molar-refractivity contribution in [2.45, 2.75) is 31.7 Å². The van der Waals surface area contributed by atoms with Gasteiger partial charge in [-0.3, -0.25) is 4.79 Å².